The van der Waals surface area contributed by atoms with Gasteiger partial charge in [0.25, 0.3) is 5.91 Å². The Kier molecular flexibility index (Phi) is 3.50. The van der Waals surface area contributed by atoms with Gasteiger partial charge < -0.3 is 14.7 Å². The van der Waals surface area contributed by atoms with E-state index in [1.54, 1.807) is 18.2 Å². The first-order chi connectivity index (χ1) is 8.65. The highest BCUT2D eigenvalue weighted by atomic mass is 16.5. The van der Waals surface area contributed by atoms with Crippen LogP contribution in [-0.2, 0) is 9.53 Å². The van der Waals surface area contributed by atoms with Crippen LogP contribution in [0, 0.1) is 0 Å². The molecule has 1 aromatic rings. The van der Waals surface area contributed by atoms with Crippen LogP contribution in [0.2, 0.25) is 0 Å². The van der Waals surface area contributed by atoms with Crippen LogP contribution in [0.1, 0.15) is 23.2 Å². The van der Waals surface area contributed by atoms with E-state index in [-0.39, 0.29) is 17.2 Å². The Morgan fingerprint density at radius 1 is 1.39 bits per heavy atom. The van der Waals surface area contributed by atoms with Gasteiger partial charge in [-0.3, -0.25) is 4.79 Å². The molecule has 18 heavy (non-hydrogen) atoms. The number of hydrogen-bond acceptors (Lipinski definition) is 4. The number of para-hydroxylation sites is 1. The monoisotopic (exact) mass is 249 g/mol. The zero-order valence-electron chi connectivity index (χ0n) is 10.1. The van der Waals surface area contributed by atoms with Gasteiger partial charge in [-0.05, 0) is 25.0 Å². The van der Waals surface area contributed by atoms with Crippen LogP contribution in [0.5, 0.6) is 5.75 Å². The molecule has 1 fully saturated rings. The van der Waals surface area contributed by atoms with Crippen molar-refractivity contribution in [2.45, 2.75) is 18.9 Å². The van der Waals surface area contributed by atoms with E-state index >= 15 is 0 Å². The predicted octanol–water partition coefficient (Wildman–Crippen LogP) is 1.17. The fourth-order valence-electron chi connectivity index (χ4n) is 2.20. The van der Waals surface area contributed by atoms with E-state index in [4.69, 9.17) is 0 Å². The van der Waals surface area contributed by atoms with E-state index < -0.39 is 12.0 Å². The number of ether oxygens (including phenoxy) is 1. The van der Waals surface area contributed by atoms with Crippen LogP contribution < -0.4 is 0 Å². The molecule has 0 saturated carbocycles. The predicted molar refractivity (Wildman–Crippen MR) is 64.2 cm³/mol. The van der Waals surface area contributed by atoms with Crippen LogP contribution in [0.15, 0.2) is 24.3 Å². The van der Waals surface area contributed by atoms with Crippen LogP contribution in [-0.4, -0.2) is 41.6 Å². The molecule has 96 valence electrons. The molecule has 1 N–H and O–H groups in total. The van der Waals surface area contributed by atoms with E-state index in [9.17, 15) is 14.7 Å². The minimum absolute atomic E-state index is 0.0713. The van der Waals surface area contributed by atoms with Crippen molar-refractivity contribution in [1.82, 2.24) is 4.90 Å². The first-order valence-corrected chi connectivity index (χ1v) is 5.82. The van der Waals surface area contributed by atoms with Gasteiger partial charge in [0.2, 0.25) is 0 Å². The summed E-state index contributed by atoms with van der Waals surface area (Å²) in [5, 5.41) is 9.66. The minimum Gasteiger partial charge on any atom is -0.507 e. The maximum absolute atomic E-state index is 12.3. The second-order valence-electron chi connectivity index (χ2n) is 4.20. The summed E-state index contributed by atoms with van der Waals surface area (Å²) in [5.74, 6) is -0.810. The zero-order chi connectivity index (χ0) is 13.1. The number of hydrogen-bond donors (Lipinski definition) is 1. The van der Waals surface area contributed by atoms with Crippen molar-refractivity contribution in [1.29, 1.82) is 0 Å². The number of benzene rings is 1. The Hall–Kier alpha value is -2.04. The molecule has 1 aromatic carbocycles. The smallest absolute Gasteiger partial charge is 0.328 e. The lowest BCUT2D eigenvalue weighted by Gasteiger charge is -2.22. The summed E-state index contributed by atoms with van der Waals surface area (Å²) in [6.07, 6.45) is 1.37. The Bertz CT molecular complexity index is 472. The number of carbonyl (C=O) groups excluding carboxylic acids is 2. The molecular weight excluding hydrogens is 234 g/mol. The first-order valence-electron chi connectivity index (χ1n) is 5.82. The number of aromatic hydroxyl groups is 1. The van der Waals surface area contributed by atoms with Gasteiger partial charge in [0.15, 0.2) is 0 Å². The number of phenolic OH excluding ortho intramolecular Hbond substituents is 1. The van der Waals surface area contributed by atoms with E-state index in [0.29, 0.717) is 13.0 Å². The molecule has 1 aliphatic rings. The van der Waals surface area contributed by atoms with Crippen LogP contribution in [0.4, 0.5) is 0 Å². The van der Waals surface area contributed by atoms with Gasteiger partial charge in [-0.1, -0.05) is 12.1 Å². The highest BCUT2D eigenvalue weighted by molar-refractivity contribution is 5.99. The molecule has 0 unspecified atom stereocenters. The molecule has 1 aliphatic heterocycles. The molecule has 0 bridgehead atoms. The van der Waals surface area contributed by atoms with Crippen molar-refractivity contribution in [3.05, 3.63) is 29.8 Å². The molecule has 5 heteroatoms. The van der Waals surface area contributed by atoms with Gasteiger partial charge >= 0.3 is 5.97 Å². The lowest BCUT2D eigenvalue weighted by Crippen LogP contribution is -2.41. The molecule has 1 saturated heterocycles. The molecule has 0 aliphatic carbocycles. The third-order valence-electron chi connectivity index (χ3n) is 3.12. The molecular formula is C13H15NO4. The number of esters is 1. The summed E-state index contributed by atoms with van der Waals surface area (Å²) in [6.45, 7) is 0.507. The van der Waals surface area contributed by atoms with Crippen molar-refractivity contribution in [2.75, 3.05) is 13.7 Å². The normalized spacial score (nSPS) is 18.7. The van der Waals surface area contributed by atoms with Gasteiger partial charge in [-0.15, -0.1) is 0 Å². The average Bonchev–Trinajstić information content (AvgIpc) is 2.86. The quantitative estimate of drug-likeness (QED) is 0.799. The van der Waals surface area contributed by atoms with E-state index in [1.807, 2.05) is 0 Å². The number of phenols is 1. The summed E-state index contributed by atoms with van der Waals surface area (Å²) < 4.78 is 4.69. The van der Waals surface area contributed by atoms with Crippen molar-refractivity contribution in [3.63, 3.8) is 0 Å². The maximum atomic E-state index is 12.3. The largest absolute Gasteiger partial charge is 0.507 e. The van der Waals surface area contributed by atoms with Crippen molar-refractivity contribution < 1.29 is 19.4 Å². The second kappa shape index (κ2) is 5.08. The van der Waals surface area contributed by atoms with Crippen molar-refractivity contribution in [3.8, 4) is 5.75 Å². The SMILES string of the molecule is COC(=O)[C@@H]1CCCN1C(=O)c1ccccc1O. The fourth-order valence-corrected chi connectivity index (χ4v) is 2.20. The average molecular weight is 249 g/mol. The summed E-state index contributed by atoms with van der Waals surface area (Å²) >= 11 is 0. The zero-order valence-corrected chi connectivity index (χ0v) is 10.1. The summed E-state index contributed by atoms with van der Waals surface area (Å²) in [6, 6.07) is 5.78. The number of amides is 1. The Morgan fingerprint density at radius 2 is 2.11 bits per heavy atom. The molecule has 2 rings (SSSR count). The summed E-state index contributed by atoms with van der Waals surface area (Å²) in [7, 11) is 1.31. The molecule has 1 amide bonds. The first kappa shape index (κ1) is 12.4. The van der Waals surface area contributed by atoms with Crippen molar-refractivity contribution >= 4 is 11.9 Å². The molecule has 0 radical (unpaired) electrons. The number of likely N-dealkylation sites (tertiary alicyclic amines) is 1. The summed E-state index contributed by atoms with van der Waals surface area (Å²) in [5.41, 5.74) is 0.216. The van der Waals surface area contributed by atoms with Crippen molar-refractivity contribution in [2.24, 2.45) is 0 Å². The van der Waals surface area contributed by atoms with E-state index in [1.165, 1.54) is 18.1 Å². The molecule has 1 atom stereocenters. The molecule has 0 aromatic heterocycles. The van der Waals surface area contributed by atoms with Crippen LogP contribution >= 0.6 is 0 Å². The molecule has 5 nitrogen and oxygen atoms in total. The van der Waals surface area contributed by atoms with E-state index in [0.717, 1.165) is 6.42 Å². The van der Waals surface area contributed by atoms with Gasteiger partial charge in [-0.2, -0.15) is 0 Å². The standard InChI is InChI=1S/C13H15NO4/c1-18-13(17)10-6-4-8-14(10)12(16)9-5-2-3-7-11(9)15/h2-3,5,7,10,15H,4,6,8H2,1H3/t10-/m0/s1. The Labute approximate surface area is 105 Å². The highest BCUT2D eigenvalue weighted by Crippen LogP contribution is 2.24. The maximum Gasteiger partial charge on any atom is 0.328 e. The number of methoxy groups -OCH3 is 1. The van der Waals surface area contributed by atoms with Crippen LogP contribution in [0.25, 0.3) is 0 Å². The second-order valence-corrected chi connectivity index (χ2v) is 4.20. The topological polar surface area (TPSA) is 66.8 Å². The van der Waals surface area contributed by atoms with Gasteiger partial charge in [0.05, 0.1) is 12.7 Å². The van der Waals surface area contributed by atoms with Gasteiger partial charge in [0, 0.05) is 6.54 Å². The lowest BCUT2D eigenvalue weighted by molar-refractivity contribution is -0.145. The number of carbonyl (C=O) groups is 2. The Morgan fingerprint density at radius 3 is 2.78 bits per heavy atom. The molecule has 0 spiro atoms. The lowest BCUT2D eigenvalue weighted by atomic mass is 10.1. The van der Waals surface area contributed by atoms with E-state index in [2.05, 4.69) is 4.74 Å². The number of nitrogens with zero attached hydrogens (tertiary/aromatic N) is 1. The fraction of sp³-hybridized carbons (Fsp3) is 0.385. The number of rotatable bonds is 2. The molecule has 1 heterocycles. The van der Waals surface area contributed by atoms with Gasteiger partial charge in [0.1, 0.15) is 11.8 Å². The minimum atomic E-state index is -0.540. The Balaban J connectivity index is 2.23. The highest BCUT2D eigenvalue weighted by Gasteiger charge is 2.35. The van der Waals surface area contributed by atoms with Gasteiger partial charge in [-0.25, -0.2) is 4.79 Å². The third kappa shape index (κ3) is 2.16. The third-order valence-corrected chi connectivity index (χ3v) is 3.12. The van der Waals surface area contributed by atoms with Crippen LogP contribution in [0.3, 0.4) is 0 Å². The summed E-state index contributed by atoms with van der Waals surface area (Å²) in [4.78, 5) is 25.3.